The monoisotopic (exact) mass is 529 g/mol. The number of hydrogen-bond acceptors (Lipinski definition) is 5. The molecule has 1 aromatic heterocycles. The van der Waals surface area contributed by atoms with E-state index in [1.807, 2.05) is 18.7 Å². The molecule has 0 N–H and O–H groups in total. The molecular formula is C32H43N5O2. The maximum atomic E-state index is 13.2. The predicted octanol–water partition coefficient (Wildman–Crippen LogP) is 4.75. The van der Waals surface area contributed by atoms with Crippen molar-refractivity contribution in [1.29, 1.82) is 0 Å². The molecule has 39 heavy (non-hydrogen) atoms. The van der Waals surface area contributed by atoms with Crippen LogP contribution in [0.5, 0.6) is 0 Å². The van der Waals surface area contributed by atoms with E-state index in [0.29, 0.717) is 17.9 Å². The summed E-state index contributed by atoms with van der Waals surface area (Å²) in [6, 6.07) is 10.9. The Morgan fingerprint density at radius 3 is 2.28 bits per heavy atom. The molecule has 5 rings (SSSR count). The van der Waals surface area contributed by atoms with Crippen LogP contribution in [0.15, 0.2) is 48.4 Å². The standard InChI is InChI=1S/C32H43N5O2/c1-23-29(24(2)34-22-33-23)30(39)37-20-25-18-35(19-26(25)21-37)14-11-32(27-9-7-6-8-10-27)12-15-36(16-13-32)28(38)17-31(3,4)5/h6-10,20,22,26H,11-19,21H2,1-5H3. The van der Waals surface area contributed by atoms with Crippen molar-refractivity contribution in [1.82, 2.24) is 24.7 Å². The lowest BCUT2D eigenvalue weighted by Gasteiger charge is -2.43. The molecule has 2 aromatic rings. The third kappa shape index (κ3) is 5.93. The zero-order valence-corrected chi connectivity index (χ0v) is 24.2. The Morgan fingerprint density at radius 1 is 1.00 bits per heavy atom. The van der Waals surface area contributed by atoms with E-state index in [1.165, 1.54) is 17.5 Å². The zero-order chi connectivity index (χ0) is 27.8. The van der Waals surface area contributed by atoms with Crippen LogP contribution in [0.4, 0.5) is 0 Å². The largest absolute Gasteiger partial charge is 0.343 e. The molecule has 2 amide bonds. The average Bonchev–Trinajstić information content (AvgIpc) is 3.46. The lowest BCUT2D eigenvalue weighted by Crippen LogP contribution is -2.47. The molecule has 1 atom stereocenters. The number of carbonyl (C=O) groups is 2. The van der Waals surface area contributed by atoms with Gasteiger partial charge < -0.3 is 9.80 Å². The summed E-state index contributed by atoms with van der Waals surface area (Å²) in [5.74, 6) is 0.689. The maximum Gasteiger partial charge on any atom is 0.261 e. The van der Waals surface area contributed by atoms with Crippen LogP contribution in [0, 0.1) is 25.2 Å². The zero-order valence-electron chi connectivity index (χ0n) is 24.2. The van der Waals surface area contributed by atoms with Crippen LogP contribution in [0.3, 0.4) is 0 Å². The Morgan fingerprint density at radius 2 is 1.67 bits per heavy atom. The topological polar surface area (TPSA) is 69.6 Å². The predicted molar refractivity (Wildman–Crippen MR) is 153 cm³/mol. The van der Waals surface area contributed by atoms with E-state index in [0.717, 1.165) is 69.9 Å². The molecule has 0 bridgehead atoms. The second-order valence-electron chi connectivity index (χ2n) is 13.0. The fourth-order valence-corrected chi connectivity index (χ4v) is 6.65. The number of fused-ring (bicyclic) bond motifs is 1. The number of nitrogens with zero attached hydrogens (tertiary/aromatic N) is 5. The molecule has 0 radical (unpaired) electrons. The van der Waals surface area contributed by atoms with E-state index in [2.05, 4.69) is 77.1 Å². The fourth-order valence-electron chi connectivity index (χ4n) is 6.65. The van der Waals surface area contributed by atoms with Gasteiger partial charge in [0, 0.05) is 51.3 Å². The second kappa shape index (κ2) is 10.8. The first-order valence-electron chi connectivity index (χ1n) is 14.4. The highest BCUT2D eigenvalue weighted by molar-refractivity contribution is 5.97. The smallest absolute Gasteiger partial charge is 0.261 e. The van der Waals surface area contributed by atoms with E-state index in [-0.39, 0.29) is 22.6 Å². The average molecular weight is 530 g/mol. The van der Waals surface area contributed by atoms with Crippen molar-refractivity contribution in [2.75, 3.05) is 39.3 Å². The van der Waals surface area contributed by atoms with E-state index in [4.69, 9.17) is 0 Å². The molecule has 7 heteroatoms. The van der Waals surface area contributed by atoms with Gasteiger partial charge >= 0.3 is 0 Å². The maximum absolute atomic E-state index is 13.2. The highest BCUT2D eigenvalue weighted by Gasteiger charge is 2.40. The number of aromatic nitrogens is 2. The summed E-state index contributed by atoms with van der Waals surface area (Å²) in [6.07, 6.45) is 7.30. The minimum atomic E-state index is 0.00912. The van der Waals surface area contributed by atoms with Crippen molar-refractivity contribution < 1.29 is 9.59 Å². The minimum absolute atomic E-state index is 0.00912. The van der Waals surface area contributed by atoms with E-state index in [9.17, 15) is 9.59 Å². The van der Waals surface area contributed by atoms with Crippen LogP contribution in [0.25, 0.3) is 0 Å². The molecule has 0 spiro atoms. The summed E-state index contributed by atoms with van der Waals surface area (Å²) in [5.41, 5.74) is 4.97. The fraction of sp³-hybridized carbons (Fsp3) is 0.562. The molecule has 2 saturated heterocycles. The van der Waals surface area contributed by atoms with Crippen molar-refractivity contribution in [3.8, 4) is 0 Å². The molecule has 0 aliphatic carbocycles. The summed E-state index contributed by atoms with van der Waals surface area (Å²) in [5, 5.41) is 0. The van der Waals surface area contributed by atoms with Gasteiger partial charge in [-0.3, -0.25) is 14.5 Å². The van der Waals surface area contributed by atoms with Gasteiger partial charge in [0.2, 0.25) is 5.91 Å². The number of piperidine rings is 1. The summed E-state index contributed by atoms with van der Waals surface area (Å²) < 4.78 is 0. The third-order valence-corrected chi connectivity index (χ3v) is 8.90. The number of aryl methyl sites for hydroxylation is 2. The molecule has 3 aliphatic heterocycles. The third-order valence-electron chi connectivity index (χ3n) is 8.90. The molecule has 3 aliphatic rings. The van der Waals surface area contributed by atoms with E-state index >= 15 is 0 Å². The number of carbonyl (C=O) groups excluding carboxylic acids is 2. The Hall–Kier alpha value is -3.06. The summed E-state index contributed by atoms with van der Waals surface area (Å²) in [4.78, 5) is 41.1. The Bertz CT molecular complexity index is 1220. The first-order chi connectivity index (χ1) is 18.5. The van der Waals surface area contributed by atoms with Gasteiger partial charge in [-0.25, -0.2) is 9.97 Å². The van der Waals surface area contributed by atoms with Crippen LogP contribution in [0.2, 0.25) is 0 Å². The molecule has 2 fully saturated rings. The minimum Gasteiger partial charge on any atom is -0.343 e. The van der Waals surface area contributed by atoms with Crippen molar-refractivity contribution in [2.45, 2.75) is 65.7 Å². The van der Waals surface area contributed by atoms with Crippen molar-refractivity contribution in [3.05, 3.63) is 70.9 Å². The van der Waals surface area contributed by atoms with E-state index in [1.54, 1.807) is 0 Å². The molecule has 4 heterocycles. The van der Waals surface area contributed by atoms with Crippen molar-refractivity contribution >= 4 is 11.8 Å². The van der Waals surface area contributed by atoms with E-state index < -0.39 is 0 Å². The van der Waals surface area contributed by atoms with Gasteiger partial charge in [0.15, 0.2) is 0 Å². The highest BCUT2D eigenvalue weighted by atomic mass is 16.2. The normalized spacial score (nSPS) is 21.2. The van der Waals surface area contributed by atoms with Gasteiger partial charge in [0.25, 0.3) is 5.91 Å². The van der Waals surface area contributed by atoms with Crippen molar-refractivity contribution in [3.63, 3.8) is 0 Å². The molecule has 1 unspecified atom stereocenters. The van der Waals surface area contributed by atoms with Gasteiger partial charge in [0.05, 0.1) is 17.0 Å². The second-order valence-corrected chi connectivity index (χ2v) is 13.0. The summed E-state index contributed by atoms with van der Waals surface area (Å²) >= 11 is 0. The molecule has 208 valence electrons. The molecular weight excluding hydrogens is 486 g/mol. The first kappa shape index (κ1) is 27.5. The lowest BCUT2D eigenvalue weighted by atomic mass is 9.70. The number of likely N-dealkylation sites (tertiary alicyclic amines) is 2. The summed E-state index contributed by atoms with van der Waals surface area (Å²) in [6.45, 7) is 15.5. The first-order valence-corrected chi connectivity index (χ1v) is 14.4. The van der Waals surface area contributed by atoms with Gasteiger partial charge in [-0.2, -0.15) is 0 Å². The van der Waals surface area contributed by atoms with Gasteiger partial charge in [-0.1, -0.05) is 51.1 Å². The van der Waals surface area contributed by atoms with Crippen LogP contribution < -0.4 is 0 Å². The van der Waals surface area contributed by atoms with Crippen LogP contribution >= 0.6 is 0 Å². The van der Waals surface area contributed by atoms with Crippen LogP contribution in [-0.2, 0) is 10.2 Å². The Balaban J connectivity index is 1.22. The Labute approximate surface area is 233 Å². The van der Waals surface area contributed by atoms with Gasteiger partial charge in [-0.15, -0.1) is 0 Å². The number of rotatable bonds is 6. The quantitative estimate of drug-likeness (QED) is 0.540. The SMILES string of the molecule is Cc1ncnc(C)c1C(=O)N1C=C2CN(CCC3(c4ccccc4)CCN(C(=O)CC(C)(C)C)CC3)CC2C1. The number of benzene rings is 1. The lowest BCUT2D eigenvalue weighted by molar-refractivity contribution is -0.134. The molecule has 7 nitrogen and oxygen atoms in total. The molecule has 0 saturated carbocycles. The Kier molecular flexibility index (Phi) is 7.64. The highest BCUT2D eigenvalue weighted by Crippen LogP contribution is 2.40. The van der Waals surface area contributed by atoms with Crippen LogP contribution in [-0.4, -0.2) is 75.8 Å². The van der Waals surface area contributed by atoms with Crippen molar-refractivity contribution in [2.24, 2.45) is 11.3 Å². The molecule has 1 aromatic carbocycles. The van der Waals surface area contributed by atoms with Gasteiger partial charge in [0.1, 0.15) is 6.33 Å². The van der Waals surface area contributed by atoms with Crippen LogP contribution in [0.1, 0.15) is 73.8 Å². The number of hydrogen-bond donors (Lipinski definition) is 0. The van der Waals surface area contributed by atoms with Gasteiger partial charge in [-0.05, 0) is 61.6 Å². The summed E-state index contributed by atoms with van der Waals surface area (Å²) in [7, 11) is 0. The number of amides is 2.